The molecule has 1 heterocycles. The van der Waals surface area contributed by atoms with Gasteiger partial charge in [0.25, 0.3) is 5.91 Å². The number of aliphatic hydroxyl groups excluding tert-OH is 1. The highest BCUT2D eigenvalue weighted by molar-refractivity contribution is 6.05. The van der Waals surface area contributed by atoms with E-state index in [0.29, 0.717) is 11.1 Å². The average molecular weight is 280 g/mol. The molecule has 0 aliphatic carbocycles. The first kappa shape index (κ1) is 14.8. The molecule has 4 nitrogen and oxygen atoms in total. The molecule has 106 valence electrons. The van der Waals surface area contributed by atoms with Crippen LogP contribution in [-0.4, -0.2) is 22.6 Å². The van der Waals surface area contributed by atoms with Crippen molar-refractivity contribution in [3.8, 4) is 11.8 Å². The van der Waals surface area contributed by atoms with Crippen molar-refractivity contribution in [3.05, 3.63) is 58.9 Å². The predicted octanol–water partition coefficient (Wildman–Crippen LogP) is 2.29. The van der Waals surface area contributed by atoms with Gasteiger partial charge in [-0.05, 0) is 43.2 Å². The van der Waals surface area contributed by atoms with Crippen LogP contribution in [0.2, 0.25) is 0 Å². The Hall–Kier alpha value is -2.64. The lowest BCUT2D eigenvalue weighted by atomic mass is 10.0. The lowest BCUT2D eigenvalue weighted by Crippen LogP contribution is -2.14. The van der Waals surface area contributed by atoms with Crippen LogP contribution in [0.1, 0.15) is 27.0 Å². The van der Waals surface area contributed by atoms with Crippen molar-refractivity contribution in [2.75, 3.05) is 11.9 Å². The van der Waals surface area contributed by atoms with Crippen LogP contribution in [0.4, 0.5) is 5.69 Å². The van der Waals surface area contributed by atoms with E-state index in [9.17, 15) is 4.79 Å². The fourth-order valence-electron chi connectivity index (χ4n) is 1.89. The van der Waals surface area contributed by atoms with Gasteiger partial charge >= 0.3 is 0 Å². The third-order valence-electron chi connectivity index (χ3n) is 3.06. The van der Waals surface area contributed by atoms with Crippen molar-refractivity contribution in [2.45, 2.75) is 13.8 Å². The van der Waals surface area contributed by atoms with Crippen molar-refractivity contribution in [3.63, 3.8) is 0 Å². The third kappa shape index (κ3) is 3.68. The summed E-state index contributed by atoms with van der Waals surface area (Å²) < 4.78 is 0. The van der Waals surface area contributed by atoms with Gasteiger partial charge in [0.2, 0.25) is 0 Å². The van der Waals surface area contributed by atoms with Crippen molar-refractivity contribution in [2.24, 2.45) is 0 Å². The monoisotopic (exact) mass is 280 g/mol. The molecule has 0 radical (unpaired) electrons. The van der Waals surface area contributed by atoms with Crippen molar-refractivity contribution in [1.29, 1.82) is 0 Å². The summed E-state index contributed by atoms with van der Waals surface area (Å²) in [6.45, 7) is 3.56. The minimum atomic E-state index is -0.203. The molecule has 1 aromatic heterocycles. The molecule has 0 bridgehead atoms. The second-order valence-electron chi connectivity index (χ2n) is 4.63. The van der Waals surface area contributed by atoms with E-state index in [4.69, 9.17) is 5.11 Å². The van der Waals surface area contributed by atoms with Crippen molar-refractivity contribution < 1.29 is 9.90 Å². The second-order valence-corrected chi connectivity index (χ2v) is 4.63. The smallest absolute Gasteiger partial charge is 0.255 e. The first-order valence-corrected chi connectivity index (χ1v) is 6.54. The molecule has 0 aliphatic rings. The van der Waals surface area contributed by atoms with E-state index >= 15 is 0 Å². The van der Waals surface area contributed by atoms with Gasteiger partial charge in [0.05, 0.1) is 0 Å². The maximum Gasteiger partial charge on any atom is 0.255 e. The number of hydrogen-bond acceptors (Lipinski definition) is 3. The second kappa shape index (κ2) is 6.69. The zero-order chi connectivity index (χ0) is 15.2. The molecule has 2 rings (SSSR count). The number of aromatic nitrogens is 1. The molecule has 2 N–H and O–H groups in total. The van der Waals surface area contributed by atoms with Crippen molar-refractivity contribution >= 4 is 11.6 Å². The van der Waals surface area contributed by atoms with E-state index in [1.165, 1.54) is 0 Å². The minimum absolute atomic E-state index is 0.186. The van der Waals surface area contributed by atoms with E-state index in [1.807, 2.05) is 26.0 Å². The summed E-state index contributed by atoms with van der Waals surface area (Å²) in [5, 5.41) is 11.6. The Kier molecular flexibility index (Phi) is 4.70. The zero-order valence-corrected chi connectivity index (χ0v) is 12.0. The number of benzene rings is 1. The van der Waals surface area contributed by atoms with E-state index in [2.05, 4.69) is 22.1 Å². The van der Waals surface area contributed by atoms with E-state index in [-0.39, 0.29) is 12.5 Å². The number of nitrogens with one attached hydrogen (secondary N) is 1. The topological polar surface area (TPSA) is 62.2 Å². The van der Waals surface area contributed by atoms with Crippen LogP contribution in [0.5, 0.6) is 0 Å². The summed E-state index contributed by atoms with van der Waals surface area (Å²) in [4.78, 5) is 16.4. The first-order valence-electron chi connectivity index (χ1n) is 6.54. The Morgan fingerprint density at radius 2 is 2.10 bits per heavy atom. The van der Waals surface area contributed by atoms with Gasteiger partial charge in [-0.15, -0.1) is 0 Å². The van der Waals surface area contributed by atoms with Gasteiger partial charge in [-0.3, -0.25) is 9.78 Å². The standard InChI is InChI=1S/C17H16N2O2/c1-12-5-6-14(4-3-9-20)10-15(12)17(21)19-16-7-8-18-11-13(16)2/h5-8,10-11,20H,9H2,1-2H3,(H,18,19,21). The lowest BCUT2D eigenvalue weighted by molar-refractivity contribution is 0.102. The molecule has 0 atom stereocenters. The quantitative estimate of drug-likeness (QED) is 0.830. The number of rotatable bonds is 2. The molecule has 1 aromatic carbocycles. The van der Waals surface area contributed by atoms with Gasteiger partial charge in [-0.25, -0.2) is 0 Å². The molecular weight excluding hydrogens is 264 g/mol. The molecule has 0 unspecified atom stereocenters. The molecule has 0 spiro atoms. The van der Waals surface area contributed by atoms with Crippen LogP contribution in [0.15, 0.2) is 36.7 Å². The Bertz CT molecular complexity index is 727. The highest BCUT2D eigenvalue weighted by Gasteiger charge is 2.11. The molecule has 0 fully saturated rings. The van der Waals surface area contributed by atoms with E-state index < -0.39 is 0 Å². The number of hydrogen-bond donors (Lipinski definition) is 2. The van der Waals surface area contributed by atoms with Gasteiger partial charge in [-0.2, -0.15) is 0 Å². The number of pyridine rings is 1. The maximum absolute atomic E-state index is 12.4. The van der Waals surface area contributed by atoms with E-state index in [0.717, 1.165) is 16.8 Å². The zero-order valence-electron chi connectivity index (χ0n) is 12.0. The summed E-state index contributed by atoms with van der Waals surface area (Å²) in [5.74, 6) is 5.19. The first-order chi connectivity index (χ1) is 10.1. The summed E-state index contributed by atoms with van der Waals surface area (Å²) in [5.41, 5.74) is 3.77. The van der Waals surface area contributed by atoms with E-state index in [1.54, 1.807) is 24.5 Å². The van der Waals surface area contributed by atoms with Gasteiger partial charge in [0, 0.05) is 29.2 Å². The van der Waals surface area contributed by atoms with Crippen LogP contribution >= 0.6 is 0 Å². The molecule has 1 amide bonds. The molecular formula is C17H16N2O2. The van der Waals surface area contributed by atoms with Crippen LogP contribution in [-0.2, 0) is 0 Å². The fourth-order valence-corrected chi connectivity index (χ4v) is 1.89. The number of aryl methyl sites for hydroxylation is 2. The Labute approximate surface area is 123 Å². The average Bonchev–Trinajstić information content (AvgIpc) is 2.48. The van der Waals surface area contributed by atoms with Gasteiger partial charge in [0.1, 0.15) is 6.61 Å². The van der Waals surface area contributed by atoms with Gasteiger partial charge in [0.15, 0.2) is 0 Å². The normalized spacial score (nSPS) is 9.67. The molecule has 4 heteroatoms. The molecule has 2 aromatic rings. The lowest BCUT2D eigenvalue weighted by Gasteiger charge is -2.10. The van der Waals surface area contributed by atoms with Crippen molar-refractivity contribution in [1.82, 2.24) is 4.98 Å². The fraction of sp³-hybridized carbons (Fsp3) is 0.176. The Balaban J connectivity index is 2.28. The number of anilines is 1. The van der Waals surface area contributed by atoms with Crippen LogP contribution in [0.25, 0.3) is 0 Å². The molecule has 0 saturated heterocycles. The van der Waals surface area contributed by atoms with Gasteiger partial charge in [-0.1, -0.05) is 17.9 Å². The number of amides is 1. The number of carbonyl (C=O) groups is 1. The Morgan fingerprint density at radius 3 is 2.81 bits per heavy atom. The summed E-state index contributed by atoms with van der Waals surface area (Å²) in [6, 6.07) is 7.16. The van der Waals surface area contributed by atoms with Crippen LogP contribution < -0.4 is 5.32 Å². The number of aliphatic hydroxyl groups is 1. The van der Waals surface area contributed by atoms with Crippen LogP contribution in [0.3, 0.4) is 0 Å². The van der Waals surface area contributed by atoms with Crippen LogP contribution in [0, 0.1) is 25.7 Å². The highest BCUT2D eigenvalue weighted by Crippen LogP contribution is 2.16. The third-order valence-corrected chi connectivity index (χ3v) is 3.06. The highest BCUT2D eigenvalue weighted by atomic mass is 16.2. The minimum Gasteiger partial charge on any atom is -0.384 e. The number of nitrogens with zero attached hydrogens (tertiary/aromatic N) is 1. The molecule has 0 aliphatic heterocycles. The van der Waals surface area contributed by atoms with Gasteiger partial charge < -0.3 is 10.4 Å². The largest absolute Gasteiger partial charge is 0.384 e. The molecule has 21 heavy (non-hydrogen) atoms. The summed E-state index contributed by atoms with van der Waals surface area (Å²) in [6.07, 6.45) is 3.34. The summed E-state index contributed by atoms with van der Waals surface area (Å²) in [7, 11) is 0. The SMILES string of the molecule is Cc1cnccc1NC(=O)c1cc(C#CCO)ccc1C. The predicted molar refractivity (Wildman–Crippen MR) is 82.1 cm³/mol. The summed E-state index contributed by atoms with van der Waals surface area (Å²) >= 11 is 0. The maximum atomic E-state index is 12.4. The number of carbonyl (C=O) groups excluding carboxylic acids is 1. The molecule has 0 saturated carbocycles. The Morgan fingerprint density at radius 1 is 1.29 bits per heavy atom.